The molecule has 1 saturated heterocycles. The van der Waals surface area contributed by atoms with Crippen molar-refractivity contribution in [2.45, 2.75) is 26.2 Å². The zero-order valence-corrected chi connectivity index (χ0v) is 14.3. The molecule has 1 amide bonds. The van der Waals surface area contributed by atoms with E-state index in [1.54, 1.807) is 17.2 Å². The maximum Gasteiger partial charge on any atom is 0.248 e. The Morgan fingerprint density at radius 1 is 1.32 bits per heavy atom. The van der Waals surface area contributed by atoms with E-state index in [1.165, 1.54) is 5.56 Å². The largest absolute Gasteiger partial charge is 0.354 e. The molecule has 1 fully saturated rings. The molecule has 6 heteroatoms. The summed E-state index contributed by atoms with van der Waals surface area (Å²) >= 11 is 0. The number of aromatic nitrogens is 2. The number of hydrogen-bond donors (Lipinski definition) is 1. The van der Waals surface area contributed by atoms with Crippen LogP contribution in [-0.4, -0.2) is 29.0 Å². The highest BCUT2D eigenvalue weighted by Gasteiger charge is 2.46. The average molecular weight is 335 g/mol. The first-order chi connectivity index (χ1) is 12.2. The van der Waals surface area contributed by atoms with E-state index in [4.69, 9.17) is 0 Å². The van der Waals surface area contributed by atoms with Gasteiger partial charge in [0.2, 0.25) is 11.9 Å². The van der Waals surface area contributed by atoms with E-state index in [2.05, 4.69) is 33.5 Å². The van der Waals surface area contributed by atoms with Crippen LogP contribution in [0.4, 0.5) is 11.8 Å². The van der Waals surface area contributed by atoms with Crippen LogP contribution in [0.1, 0.15) is 25.3 Å². The lowest BCUT2D eigenvalue weighted by atomic mass is 9.85. The number of carbonyl (C=O) groups is 1. The van der Waals surface area contributed by atoms with Gasteiger partial charge in [-0.2, -0.15) is 10.2 Å². The summed E-state index contributed by atoms with van der Waals surface area (Å²) in [6, 6.07) is 14.1. The number of carbonyl (C=O) groups excluding carboxylic acids is 1. The van der Waals surface area contributed by atoms with Crippen LogP contribution in [0.25, 0.3) is 0 Å². The number of nitrogens with zero attached hydrogens (tertiary/aromatic N) is 4. The highest BCUT2D eigenvalue weighted by molar-refractivity contribution is 6.01. The highest BCUT2D eigenvalue weighted by atomic mass is 16.2. The minimum atomic E-state index is -0.911. The van der Waals surface area contributed by atoms with E-state index in [0.717, 1.165) is 6.42 Å². The number of anilines is 2. The second-order valence-electron chi connectivity index (χ2n) is 6.16. The Hall–Kier alpha value is -2.94. The fraction of sp³-hybridized carbons (Fsp3) is 0.368. The Morgan fingerprint density at radius 3 is 2.80 bits per heavy atom. The molecule has 1 N–H and O–H groups in total. The fourth-order valence-corrected chi connectivity index (χ4v) is 3.05. The van der Waals surface area contributed by atoms with Crippen molar-refractivity contribution in [3.8, 4) is 6.07 Å². The van der Waals surface area contributed by atoms with Gasteiger partial charge in [0.05, 0.1) is 6.07 Å². The minimum absolute atomic E-state index is 0.161. The second-order valence-corrected chi connectivity index (χ2v) is 6.16. The molecular formula is C19H21N5O. The Morgan fingerprint density at radius 2 is 2.12 bits per heavy atom. The summed E-state index contributed by atoms with van der Waals surface area (Å²) in [5.41, 5.74) is 0.328. The van der Waals surface area contributed by atoms with Crippen molar-refractivity contribution in [2.75, 3.05) is 23.3 Å². The van der Waals surface area contributed by atoms with Gasteiger partial charge >= 0.3 is 0 Å². The molecule has 6 nitrogen and oxygen atoms in total. The Kier molecular flexibility index (Phi) is 4.94. The Bertz CT molecular complexity index is 786. The summed E-state index contributed by atoms with van der Waals surface area (Å²) < 4.78 is 0. The lowest BCUT2D eigenvalue weighted by Crippen LogP contribution is -2.33. The molecule has 0 spiro atoms. The molecule has 0 radical (unpaired) electrons. The molecule has 0 aliphatic carbocycles. The number of amides is 1. The molecule has 2 aromatic rings. The van der Waals surface area contributed by atoms with Crippen molar-refractivity contribution in [1.29, 1.82) is 5.26 Å². The number of benzene rings is 1. The average Bonchev–Trinajstić information content (AvgIpc) is 3.00. The van der Waals surface area contributed by atoms with E-state index in [0.29, 0.717) is 37.7 Å². The second kappa shape index (κ2) is 7.31. The van der Waals surface area contributed by atoms with E-state index in [1.807, 2.05) is 25.1 Å². The van der Waals surface area contributed by atoms with Crippen molar-refractivity contribution < 1.29 is 4.79 Å². The summed E-state index contributed by atoms with van der Waals surface area (Å²) in [6.07, 6.45) is 3.56. The zero-order chi connectivity index (χ0) is 17.7. The summed E-state index contributed by atoms with van der Waals surface area (Å²) in [7, 11) is 0. The summed E-state index contributed by atoms with van der Waals surface area (Å²) in [5, 5.41) is 12.6. The van der Waals surface area contributed by atoms with Crippen LogP contribution < -0.4 is 10.2 Å². The van der Waals surface area contributed by atoms with Gasteiger partial charge in [-0.05, 0) is 30.9 Å². The van der Waals surface area contributed by atoms with E-state index in [9.17, 15) is 10.1 Å². The van der Waals surface area contributed by atoms with Gasteiger partial charge in [0.25, 0.3) is 0 Å². The van der Waals surface area contributed by atoms with Crippen molar-refractivity contribution in [1.82, 2.24) is 9.97 Å². The predicted octanol–water partition coefficient (Wildman–Crippen LogP) is 2.79. The highest BCUT2D eigenvalue weighted by Crippen LogP contribution is 2.36. The Balaban J connectivity index is 1.66. The molecule has 128 valence electrons. The van der Waals surface area contributed by atoms with Gasteiger partial charge in [-0.15, -0.1) is 0 Å². The molecule has 1 aromatic heterocycles. The van der Waals surface area contributed by atoms with Crippen LogP contribution in [0.3, 0.4) is 0 Å². The molecule has 25 heavy (non-hydrogen) atoms. The lowest BCUT2D eigenvalue weighted by molar-refractivity contribution is -0.123. The molecule has 3 rings (SSSR count). The third-order valence-electron chi connectivity index (χ3n) is 4.69. The molecule has 0 bridgehead atoms. The van der Waals surface area contributed by atoms with Gasteiger partial charge in [0.15, 0.2) is 0 Å². The standard InChI is InChI=1S/C19H21N5O/c1-2-19(14-20)10-13-24(17(19)25)16-9-12-22-18(23-16)21-11-8-15-6-4-3-5-7-15/h3-7,9,12H,2,8,10-11,13H2,1H3,(H,21,22,23). The summed E-state index contributed by atoms with van der Waals surface area (Å²) in [6.45, 7) is 3.10. The van der Waals surface area contributed by atoms with Crippen molar-refractivity contribution in [2.24, 2.45) is 5.41 Å². The summed E-state index contributed by atoms with van der Waals surface area (Å²) in [4.78, 5) is 22.9. The molecule has 1 aliphatic rings. The molecule has 1 aliphatic heterocycles. The maximum atomic E-state index is 12.6. The first kappa shape index (κ1) is 16.9. The lowest BCUT2D eigenvalue weighted by Gasteiger charge is -2.19. The van der Waals surface area contributed by atoms with Gasteiger partial charge in [-0.25, -0.2) is 4.98 Å². The van der Waals surface area contributed by atoms with Crippen LogP contribution in [0.15, 0.2) is 42.6 Å². The van der Waals surface area contributed by atoms with Crippen LogP contribution >= 0.6 is 0 Å². The monoisotopic (exact) mass is 335 g/mol. The third kappa shape index (κ3) is 3.45. The topological polar surface area (TPSA) is 81.9 Å². The van der Waals surface area contributed by atoms with Gasteiger partial charge in [-0.3, -0.25) is 9.69 Å². The van der Waals surface area contributed by atoms with Crippen LogP contribution in [0.5, 0.6) is 0 Å². The molecule has 0 saturated carbocycles. The van der Waals surface area contributed by atoms with Gasteiger partial charge < -0.3 is 5.32 Å². The first-order valence-corrected chi connectivity index (χ1v) is 8.52. The van der Waals surface area contributed by atoms with Crippen LogP contribution in [-0.2, 0) is 11.2 Å². The van der Waals surface area contributed by atoms with Crippen molar-refractivity contribution in [3.63, 3.8) is 0 Å². The van der Waals surface area contributed by atoms with Crippen LogP contribution in [0.2, 0.25) is 0 Å². The van der Waals surface area contributed by atoms with Gasteiger partial charge in [-0.1, -0.05) is 37.3 Å². The van der Waals surface area contributed by atoms with Gasteiger partial charge in [0, 0.05) is 19.3 Å². The minimum Gasteiger partial charge on any atom is -0.354 e. The summed E-state index contributed by atoms with van der Waals surface area (Å²) in [5.74, 6) is 0.881. The SMILES string of the molecule is CCC1(C#N)CCN(c2ccnc(NCCc3ccccc3)n2)C1=O. The third-order valence-corrected chi connectivity index (χ3v) is 4.69. The quantitative estimate of drug-likeness (QED) is 0.878. The van der Waals surface area contributed by atoms with Crippen LogP contribution in [0, 0.1) is 16.7 Å². The molecular weight excluding hydrogens is 314 g/mol. The Labute approximate surface area is 147 Å². The number of nitriles is 1. The molecule has 1 aromatic carbocycles. The number of rotatable bonds is 6. The molecule has 1 atom stereocenters. The zero-order valence-electron chi connectivity index (χ0n) is 14.3. The van der Waals surface area contributed by atoms with E-state index >= 15 is 0 Å². The normalized spacial score (nSPS) is 19.7. The molecule has 1 unspecified atom stereocenters. The van der Waals surface area contributed by atoms with Crippen molar-refractivity contribution >= 4 is 17.7 Å². The number of hydrogen-bond acceptors (Lipinski definition) is 5. The van der Waals surface area contributed by atoms with Gasteiger partial charge in [0.1, 0.15) is 11.2 Å². The van der Waals surface area contributed by atoms with E-state index < -0.39 is 5.41 Å². The fourth-order valence-electron chi connectivity index (χ4n) is 3.05. The smallest absolute Gasteiger partial charge is 0.248 e. The first-order valence-electron chi connectivity index (χ1n) is 8.52. The van der Waals surface area contributed by atoms with Crippen molar-refractivity contribution in [3.05, 3.63) is 48.2 Å². The predicted molar refractivity (Wildman–Crippen MR) is 96.0 cm³/mol. The number of nitrogens with one attached hydrogen (secondary N) is 1. The van der Waals surface area contributed by atoms with E-state index in [-0.39, 0.29) is 5.91 Å². The maximum absolute atomic E-state index is 12.6. The molecule has 2 heterocycles.